The minimum atomic E-state index is -0.0162. The number of nitrogens with zero attached hydrogens (tertiary/aromatic N) is 2. The molecule has 0 aromatic heterocycles. The number of hydrogen-bond acceptors (Lipinski definition) is 5. The van der Waals surface area contributed by atoms with Crippen LogP contribution >= 0.6 is 24.0 Å². The van der Waals surface area contributed by atoms with Crippen molar-refractivity contribution < 1.29 is 14.2 Å². The Balaban J connectivity index is 0.00000385. The molecule has 2 aromatic carbocycles. The first-order chi connectivity index (χ1) is 15.4. The molecule has 1 aliphatic rings. The quantitative estimate of drug-likeness (QED) is 0.287. The summed E-state index contributed by atoms with van der Waals surface area (Å²) in [6, 6.07) is 12.6. The number of benzene rings is 2. The number of hydrogen-bond donors (Lipinski definition) is 2. The topological polar surface area (TPSA) is 67.4 Å². The van der Waals surface area contributed by atoms with Gasteiger partial charge in [-0.2, -0.15) is 0 Å². The molecule has 7 nitrogen and oxygen atoms in total. The van der Waals surface area contributed by atoms with E-state index in [1.165, 1.54) is 11.1 Å². The number of fused-ring (bicyclic) bond motifs is 1. The van der Waals surface area contributed by atoms with Crippen LogP contribution in [0.25, 0.3) is 0 Å². The Morgan fingerprint density at radius 3 is 2.21 bits per heavy atom. The van der Waals surface area contributed by atoms with Gasteiger partial charge in [0, 0.05) is 38.8 Å². The van der Waals surface area contributed by atoms with Crippen LogP contribution in [-0.4, -0.2) is 57.9 Å². The molecule has 0 unspecified atom stereocenters. The summed E-state index contributed by atoms with van der Waals surface area (Å²) in [5, 5.41) is 6.88. The first kappa shape index (κ1) is 27.0. The summed E-state index contributed by atoms with van der Waals surface area (Å²) in [5.74, 6) is 2.62. The third-order valence-corrected chi connectivity index (χ3v) is 6.08. The van der Waals surface area contributed by atoms with Gasteiger partial charge in [0.15, 0.2) is 17.5 Å². The highest BCUT2D eigenvalue weighted by molar-refractivity contribution is 14.0. The number of methoxy groups -OCH3 is 3. The molecule has 182 valence electrons. The van der Waals surface area contributed by atoms with Crippen LogP contribution in [0, 0.1) is 0 Å². The van der Waals surface area contributed by atoms with Gasteiger partial charge in [0.25, 0.3) is 0 Å². The molecule has 0 atom stereocenters. The van der Waals surface area contributed by atoms with Gasteiger partial charge in [-0.25, -0.2) is 0 Å². The number of guanidine groups is 1. The van der Waals surface area contributed by atoms with Crippen molar-refractivity contribution >= 4 is 29.9 Å². The lowest BCUT2D eigenvalue weighted by Gasteiger charge is -2.42. The molecule has 1 aliphatic heterocycles. The van der Waals surface area contributed by atoms with Gasteiger partial charge in [-0.1, -0.05) is 24.3 Å². The fourth-order valence-corrected chi connectivity index (χ4v) is 4.07. The van der Waals surface area contributed by atoms with Crippen molar-refractivity contribution in [3.05, 3.63) is 53.1 Å². The van der Waals surface area contributed by atoms with Crippen LogP contribution < -0.4 is 24.8 Å². The van der Waals surface area contributed by atoms with E-state index in [9.17, 15) is 0 Å². The Morgan fingerprint density at radius 2 is 1.64 bits per heavy atom. The molecule has 0 amide bonds. The molecular weight excluding hydrogens is 531 g/mol. The SMILES string of the molecule is CN=C(NCc1cc(OC)c(OC)c(OC)c1)NCC(C)(C)N1CCc2ccccc2C1.I. The first-order valence-corrected chi connectivity index (χ1v) is 11.0. The van der Waals surface area contributed by atoms with Crippen LogP contribution in [0.2, 0.25) is 0 Å². The largest absolute Gasteiger partial charge is 0.493 e. The van der Waals surface area contributed by atoms with Crippen LogP contribution in [-0.2, 0) is 19.5 Å². The molecule has 2 aromatic rings. The molecule has 0 aliphatic carbocycles. The van der Waals surface area contributed by atoms with E-state index >= 15 is 0 Å². The Bertz CT molecular complexity index is 924. The summed E-state index contributed by atoms with van der Waals surface area (Å²) < 4.78 is 16.3. The molecule has 0 saturated carbocycles. The third-order valence-electron chi connectivity index (χ3n) is 6.08. The van der Waals surface area contributed by atoms with Gasteiger partial charge in [0.1, 0.15) is 0 Å². The van der Waals surface area contributed by atoms with Gasteiger partial charge < -0.3 is 24.8 Å². The Morgan fingerprint density at radius 1 is 1.00 bits per heavy atom. The van der Waals surface area contributed by atoms with E-state index in [1.54, 1.807) is 28.4 Å². The first-order valence-electron chi connectivity index (χ1n) is 11.0. The summed E-state index contributed by atoms with van der Waals surface area (Å²) in [6.07, 6.45) is 1.09. The highest BCUT2D eigenvalue weighted by atomic mass is 127. The number of halogens is 1. The third kappa shape index (κ3) is 6.66. The van der Waals surface area contributed by atoms with Crippen LogP contribution in [0.3, 0.4) is 0 Å². The molecule has 0 saturated heterocycles. The lowest BCUT2D eigenvalue weighted by molar-refractivity contribution is 0.107. The van der Waals surface area contributed by atoms with Crippen LogP contribution in [0.1, 0.15) is 30.5 Å². The molecule has 33 heavy (non-hydrogen) atoms. The maximum atomic E-state index is 5.45. The van der Waals surface area contributed by atoms with Crippen molar-refractivity contribution in [2.24, 2.45) is 4.99 Å². The van der Waals surface area contributed by atoms with E-state index in [0.29, 0.717) is 23.8 Å². The highest BCUT2D eigenvalue weighted by Crippen LogP contribution is 2.38. The van der Waals surface area contributed by atoms with Crippen LogP contribution in [0.15, 0.2) is 41.4 Å². The van der Waals surface area contributed by atoms with Crippen molar-refractivity contribution in [3.63, 3.8) is 0 Å². The van der Waals surface area contributed by atoms with Gasteiger partial charge >= 0.3 is 0 Å². The zero-order chi connectivity index (χ0) is 23.1. The van der Waals surface area contributed by atoms with Crippen molar-refractivity contribution in [2.75, 3.05) is 41.5 Å². The molecule has 3 rings (SSSR count). The second-order valence-electron chi connectivity index (χ2n) is 8.57. The standard InChI is InChI=1S/C25H36N4O3.HI/c1-25(2,29-12-11-19-9-7-8-10-20(19)16-29)17-28-24(26-3)27-15-18-13-21(30-4)23(32-6)22(14-18)31-5;/h7-10,13-14H,11-12,15-17H2,1-6H3,(H2,26,27,28);1H. The normalized spacial score (nSPS) is 14.1. The lowest BCUT2D eigenvalue weighted by Crippen LogP contribution is -2.54. The predicted octanol–water partition coefficient (Wildman–Crippen LogP) is 3.83. The fourth-order valence-electron chi connectivity index (χ4n) is 4.07. The van der Waals surface area contributed by atoms with E-state index in [1.807, 2.05) is 12.1 Å². The zero-order valence-electron chi connectivity index (χ0n) is 20.5. The summed E-state index contributed by atoms with van der Waals surface area (Å²) in [7, 11) is 6.63. The minimum absolute atomic E-state index is 0. The Kier molecular flexibility index (Phi) is 10.1. The second-order valence-corrected chi connectivity index (χ2v) is 8.57. The molecule has 0 fully saturated rings. The monoisotopic (exact) mass is 568 g/mol. The van der Waals surface area contributed by atoms with Gasteiger partial charge in [-0.15, -0.1) is 24.0 Å². The van der Waals surface area contributed by atoms with Crippen LogP contribution in [0.4, 0.5) is 0 Å². The van der Waals surface area contributed by atoms with Crippen molar-refractivity contribution in [1.82, 2.24) is 15.5 Å². The van der Waals surface area contributed by atoms with Crippen molar-refractivity contribution in [2.45, 2.75) is 38.9 Å². The summed E-state index contributed by atoms with van der Waals surface area (Å²) in [6.45, 7) is 7.95. The number of nitrogens with one attached hydrogen (secondary N) is 2. The fraction of sp³-hybridized carbons (Fsp3) is 0.480. The molecule has 8 heteroatoms. The van der Waals surface area contributed by atoms with Gasteiger partial charge in [0.2, 0.25) is 5.75 Å². The molecule has 0 spiro atoms. The molecule has 0 radical (unpaired) electrons. The molecule has 0 bridgehead atoms. The minimum Gasteiger partial charge on any atom is -0.493 e. The maximum Gasteiger partial charge on any atom is 0.203 e. The van der Waals surface area contributed by atoms with Crippen molar-refractivity contribution in [1.29, 1.82) is 0 Å². The number of aliphatic imine (C=N–C) groups is 1. The van der Waals surface area contributed by atoms with Gasteiger partial charge in [-0.3, -0.25) is 9.89 Å². The summed E-state index contributed by atoms with van der Waals surface area (Å²) in [5.41, 5.74) is 3.89. The number of ether oxygens (including phenoxy) is 3. The average molecular weight is 569 g/mol. The highest BCUT2D eigenvalue weighted by Gasteiger charge is 2.29. The van der Waals surface area contributed by atoms with E-state index in [0.717, 1.165) is 37.6 Å². The summed E-state index contributed by atoms with van der Waals surface area (Å²) in [4.78, 5) is 6.93. The zero-order valence-corrected chi connectivity index (χ0v) is 22.9. The van der Waals surface area contributed by atoms with E-state index in [-0.39, 0.29) is 29.5 Å². The molecule has 2 N–H and O–H groups in total. The van der Waals surface area contributed by atoms with Crippen molar-refractivity contribution in [3.8, 4) is 17.2 Å². The van der Waals surface area contributed by atoms with Crippen LogP contribution in [0.5, 0.6) is 17.2 Å². The Labute approximate surface area is 214 Å². The Hall–Kier alpha value is -2.20. The predicted molar refractivity (Wildman–Crippen MR) is 144 cm³/mol. The van der Waals surface area contributed by atoms with Gasteiger partial charge in [0.05, 0.1) is 21.3 Å². The smallest absolute Gasteiger partial charge is 0.203 e. The second kappa shape index (κ2) is 12.3. The summed E-state index contributed by atoms with van der Waals surface area (Å²) >= 11 is 0. The van der Waals surface area contributed by atoms with E-state index in [2.05, 4.69) is 58.6 Å². The number of rotatable bonds is 8. The van der Waals surface area contributed by atoms with E-state index < -0.39 is 0 Å². The molecular formula is C25H37IN4O3. The average Bonchev–Trinajstić information content (AvgIpc) is 2.82. The molecule has 1 heterocycles. The lowest BCUT2D eigenvalue weighted by atomic mass is 9.94. The maximum absolute atomic E-state index is 5.45. The van der Waals surface area contributed by atoms with E-state index in [4.69, 9.17) is 14.2 Å². The van der Waals surface area contributed by atoms with Gasteiger partial charge in [-0.05, 0) is 49.1 Å².